The molecule has 0 unspecified atom stereocenters. The third-order valence-corrected chi connectivity index (χ3v) is 8.09. The van der Waals surface area contributed by atoms with Gasteiger partial charge in [0, 0.05) is 68.2 Å². The number of amides is 3. The molecule has 228 valence electrons. The first kappa shape index (κ1) is 30.4. The molecule has 0 atom stereocenters. The number of aromatic nitrogens is 1. The van der Waals surface area contributed by atoms with Crippen molar-refractivity contribution in [1.29, 1.82) is 0 Å². The number of likely N-dealkylation sites (tertiary alicyclic amines) is 1. The summed E-state index contributed by atoms with van der Waals surface area (Å²) < 4.78 is 28.1. The van der Waals surface area contributed by atoms with Crippen molar-refractivity contribution in [2.45, 2.75) is 45.3 Å². The normalized spacial score (nSPS) is 16.2. The van der Waals surface area contributed by atoms with E-state index in [2.05, 4.69) is 0 Å². The van der Waals surface area contributed by atoms with Gasteiger partial charge in [0.25, 0.3) is 5.56 Å². The van der Waals surface area contributed by atoms with E-state index < -0.39 is 11.4 Å². The Kier molecular flexibility index (Phi) is 8.42. The second kappa shape index (κ2) is 11.9. The SMILES string of the molecule is COc1c(-c2ccc(N3CCN(C)C3=O)c(Cl)c2)cc(F)cc1-c1ccc(=O)n(C2CCN(C(=O)OC(C)(C)C)CC2)c1. The smallest absolute Gasteiger partial charge is 0.410 e. The number of methoxy groups -OCH3 is 1. The van der Waals surface area contributed by atoms with Crippen molar-refractivity contribution >= 4 is 29.4 Å². The number of nitrogens with zero attached hydrogens (tertiary/aromatic N) is 4. The molecule has 3 heterocycles. The molecule has 2 fully saturated rings. The standard InChI is InChI=1S/C32H36ClFN4O5/c1-32(2,3)43-31(41)36-12-10-23(11-13-36)38-19-21(7-9-28(38)39)25-18-22(34)17-24(29(25)42-5)20-6-8-27(26(33)16-20)37-15-14-35(4)30(37)40/h6-9,16-19,23H,10-15H2,1-5H3. The number of likely N-dealkylation sites (N-methyl/N-ethyl adjacent to an activating group) is 1. The summed E-state index contributed by atoms with van der Waals surface area (Å²) in [5.41, 5.74) is 2.02. The Bertz CT molecular complexity index is 1610. The van der Waals surface area contributed by atoms with Gasteiger partial charge in [0.05, 0.1) is 17.8 Å². The molecular weight excluding hydrogens is 575 g/mol. The minimum atomic E-state index is -0.584. The number of piperidine rings is 1. The van der Waals surface area contributed by atoms with Gasteiger partial charge < -0.3 is 23.8 Å². The Hall–Kier alpha value is -4.05. The van der Waals surface area contributed by atoms with Crippen LogP contribution in [0, 0.1) is 5.82 Å². The second-order valence-corrected chi connectivity index (χ2v) is 12.3. The van der Waals surface area contributed by atoms with Gasteiger partial charge in [0.15, 0.2) is 0 Å². The molecule has 0 saturated carbocycles. The Labute approximate surface area is 255 Å². The molecule has 0 aliphatic carbocycles. The Balaban J connectivity index is 1.44. The van der Waals surface area contributed by atoms with Crippen molar-refractivity contribution in [1.82, 2.24) is 14.4 Å². The Morgan fingerprint density at radius 2 is 1.60 bits per heavy atom. The summed E-state index contributed by atoms with van der Waals surface area (Å²) in [5.74, 6) is -0.0575. The van der Waals surface area contributed by atoms with Crippen molar-refractivity contribution < 1.29 is 23.5 Å². The number of halogens is 2. The maximum atomic E-state index is 15.1. The predicted molar refractivity (Wildman–Crippen MR) is 165 cm³/mol. The van der Waals surface area contributed by atoms with Crippen LogP contribution in [0.25, 0.3) is 22.3 Å². The zero-order chi connectivity index (χ0) is 31.1. The van der Waals surface area contributed by atoms with E-state index in [0.717, 1.165) is 0 Å². The fraction of sp³-hybridized carbons (Fsp3) is 0.406. The average molecular weight is 611 g/mol. The van der Waals surface area contributed by atoms with Crippen LogP contribution in [-0.2, 0) is 4.74 Å². The number of pyridine rings is 1. The molecule has 0 bridgehead atoms. The molecule has 2 aliphatic rings. The molecule has 9 nitrogen and oxygen atoms in total. The van der Waals surface area contributed by atoms with Gasteiger partial charge in [-0.25, -0.2) is 14.0 Å². The van der Waals surface area contributed by atoms with Crippen LogP contribution in [0.15, 0.2) is 53.5 Å². The first-order chi connectivity index (χ1) is 20.4. The molecular formula is C32H36ClFN4O5. The monoisotopic (exact) mass is 610 g/mol. The van der Waals surface area contributed by atoms with Crippen LogP contribution in [0.3, 0.4) is 0 Å². The topological polar surface area (TPSA) is 84.3 Å². The number of rotatable bonds is 5. The lowest BCUT2D eigenvalue weighted by molar-refractivity contribution is 0.0187. The number of hydrogen-bond donors (Lipinski definition) is 0. The van der Waals surface area contributed by atoms with Crippen LogP contribution in [-0.4, -0.2) is 72.4 Å². The molecule has 5 rings (SSSR count). The van der Waals surface area contributed by atoms with Crippen LogP contribution >= 0.6 is 11.6 Å². The molecule has 1 aromatic heterocycles. The van der Waals surface area contributed by atoms with Crippen molar-refractivity contribution in [2.24, 2.45) is 0 Å². The van der Waals surface area contributed by atoms with E-state index in [1.807, 2.05) is 20.8 Å². The van der Waals surface area contributed by atoms with Gasteiger partial charge in [-0.15, -0.1) is 0 Å². The van der Waals surface area contributed by atoms with Crippen molar-refractivity contribution in [3.05, 3.63) is 69.9 Å². The minimum absolute atomic E-state index is 0.133. The zero-order valence-corrected chi connectivity index (χ0v) is 25.8. The molecule has 43 heavy (non-hydrogen) atoms. The summed E-state index contributed by atoms with van der Waals surface area (Å²) in [6, 6.07) is 10.8. The molecule has 3 amide bonds. The van der Waals surface area contributed by atoms with Crippen LogP contribution in [0.2, 0.25) is 5.02 Å². The van der Waals surface area contributed by atoms with E-state index in [4.69, 9.17) is 21.1 Å². The van der Waals surface area contributed by atoms with E-state index in [1.165, 1.54) is 25.3 Å². The fourth-order valence-electron chi connectivity index (χ4n) is 5.61. The Morgan fingerprint density at radius 1 is 0.953 bits per heavy atom. The van der Waals surface area contributed by atoms with Gasteiger partial charge in [-0.05, 0) is 69.5 Å². The molecule has 3 aromatic rings. The summed E-state index contributed by atoms with van der Waals surface area (Å²) in [5, 5.41) is 0.361. The predicted octanol–water partition coefficient (Wildman–Crippen LogP) is 6.43. The highest BCUT2D eigenvalue weighted by atomic mass is 35.5. The number of carbonyl (C=O) groups is 2. The summed E-state index contributed by atoms with van der Waals surface area (Å²) in [6.45, 7) is 7.52. The maximum Gasteiger partial charge on any atom is 0.410 e. The summed E-state index contributed by atoms with van der Waals surface area (Å²) in [6.07, 6.45) is 2.52. The highest BCUT2D eigenvalue weighted by Crippen LogP contribution is 2.42. The van der Waals surface area contributed by atoms with E-state index in [0.29, 0.717) is 77.7 Å². The summed E-state index contributed by atoms with van der Waals surface area (Å²) in [4.78, 5) is 42.8. The first-order valence-corrected chi connectivity index (χ1v) is 14.6. The quantitative estimate of drug-likeness (QED) is 0.333. The average Bonchev–Trinajstić information content (AvgIpc) is 3.29. The first-order valence-electron chi connectivity index (χ1n) is 14.3. The van der Waals surface area contributed by atoms with Gasteiger partial charge in [0.2, 0.25) is 0 Å². The molecule has 0 radical (unpaired) electrons. The lowest BCUT2D eigenvalue weighted by Gasteiger charge is -2.34. The number of urea groups is 1. The second-order valence-electron chi connectivity index (χ2n) is 11.9. The number of carbonyl (C=O) groups excluding carboxylic acids is 2. The van der Waals surface area contributed by atoms with Gasteiger partial charge >= 0.3 is 12.1 Å². The largest absolute Gasteiger partial charge is 0.495 e. The number of ether oxygens (including phenoxy) is 2. The number of anilines is 1. The van der Waals surface area contributed by atoms with Crippen LogP contribution in [0.4, 0.5) is 19.7 Å². The highest BCUT2D eigenvalue weighted by Gasteiger charge is 2.30. The fourth-order valence-corrected chi connectivity index (χ4v) is 5.89. The van der Waals surface area contributed by atoms with E-state index in [1.54, 1.807) is 56.8 Å². The molecule has 2 aromatic carbocycles. The Morgan fingerprint density at radius 3 is 2.19 bits per heavy atom. The minimum Gasteiger partial charge on any atom is -0.495 e. The maximum absolute atomic E-state index is 15.1. The van der Waals surface area contributed by atoms with E-state index in [-0.39, 0.29) is 23.7 Å². The summed E-state index contributed by atoms with van der Waals surface area (Å²) >= 11 is 6.63. The van der Waals surface area contributed by atoms with Crippen molar-refractivity contribution in [3.63, 3.8) is 0 Å². The lowest BCUT2D eigenvalue weighted by atomic mass is 9.97. The number of benzene rings is 2. The molecule has 0 N–H and O–H groups in total. The molecule has 11 heteroatoms. The molecule has 2 saturated heterocycles. The van der Waals surface area contributed by atoms with E-state index in [9.17, 15) is 14.4 Å². The summed E-state index contributed by atoms with van der Waals surface area (Å²) in [7, 11) is 3.25. The zero-order valence-electron chi connectivity index (χ0n) is 25.0. The van der Waals surface area contributed by atoms with Gasteiger partial charge in [0.1, 0.15) is 17.2 Å². The van der Waals surface area contributed by atoms with Crippen LogP contribution in [0.1, 0.15) is 39.7 Å². The van der Waals surface area contributed by atoms with Crippen molar-refractivity contribution in [2.75, 3.05) is 45.2 Å². The van der Waals surface area contributed by atoms with Crippen LogP contribution in [0.5, 0.6) is 5.75 Å². The number of hydrogen-bond acceptors (Lipinski definition) is 5. The molecule has 0 spiro atoms. The lowest BCUT2D eigenvalue weighted by Crippen LogP contribution is -2.43. The van der Waals surface area contributed by atoms with Crippen LogP contribution < -0.4 is 15.2 Å². The third kappa shape index (κ3) is 6.34. The third-order valence-electron chi connectivity index (χ3n) is 7.78. The van der Waals surface area contributed by atoms with E-state index >= 15 is 4.39 Å². The van der Waals surface area contributed by atoms with Gasteiger partial charge in [-0.1, -0.05) is 17.7 Å². The van der Waals surface area contributed by atoms with Crippen molar-refractivity contribution in [3.8, 4) is 28.0 Å². The van der Waals surface area contributed by atoms with Gasteiger partial charge in [-0.2, -0.15) is 0 Å². The van der Waals surface area contributed by atoms with Gasteiger partial charge in [-0.3, -0.25) is 9.69 Å². The molecule has 2 aliphatic heterocycles. The highest BCUT2D eigenvalue weighted by molar-refractivity contribution is 6.34.